The largest absolute Gasteiger partial charge is 0.497 e. The van der Waals surface area contributed by atoms with Gasteiger partial charge < -0.3 is 23.8 Å². The van der Waals surface area contributed by atoms with E-state index in [1.165, 1.54) is 14.2 Å². The molecule has 0 fully saturated rings. The molecule has 23 heavy (non-hydrogen) atoms. The number of ether oxygens (including phenoxy) is 4. The molecule has 0 aliphatic heterocycles. The average Bonchev–Trinajstić information content (AvgIpc) is 2.60. The van der Waals surface area contributed by atoms with E-state index in [-0.39, 0.29) is 24.8 Å². The first-order valence-electron chi connectivity index (χ1n) is 7.16. The van der Waals surface area contributed by atoms with Crippen molar-refractivity contribution < 1.29 is 28.5 Å². The Hall–Kier alpha value is -2.44. The lowest BCUT2D eigenvalue weighted by Crippen LogP contribution is -2.29. The van der Waals surface area contributed by atoms with Gasteiger partial charge in [-0.1, -0.05) is 0 Å². The van der Waals surface area contributed by atoms with Crippen LogP contribution in [0, 0.1) is 0 Å². The van der Waals surface area contributed by atoms with Crippen LogP contribution in [0.3, 0.4) is 0 Å². The van der Waals surface area contributed by atoms with Crippen LogP contribution in [0.25, 0.3) is 0 Å². The molecule has 0 aliphatic rings. The highest BCUT2D eigenvalue weighted by molar-refractivity contribution is 5.72. The van der Waals surface area contributed by atoms with Crippen LogP contribution in [0.1, 0.15) is 12.8 Å². The molecule has 1 aromatic rings. The first-order valence-corrected chi connectivity index (χ1v) is 7.16. The van der Waals surface area contributed by atoms with E-state index in [0.29, 0.717) is 24.6 Å². The van der Waals surface area contributed by atoms with Crippen molar-refractivity contribution in [3.63, 3.8) is 0 Å². The Labute approximate surface area is 136 Å². The van der Waals surface area contributed by atoms with E-state index in [0.717, 1.165) is 5.69 Å². The summed E-state index contributed by atoms with van der Waals surface area (Å²) in [4.78, 5) is 24.7. The van der Waals surface area contributed by atoms with E-state index < -0.39 is 0 Å². The number of carbonyl (C=O) groups is 2. The predicted molar refractivity (Wildman–Crippen MR) is 85.0 cm³/mol. The van der Waals surface area contributed by atoms with E-state index in [9.17, 15) is 9.59 Å². The number of rotatable bonds is 9. The van der Waals surface area contributed by atoms with Crippen molar-refractivity contribution in [3.8, 4) is 11.5 Å². The second kappa shape index (κ2) is 9.55. The highest BCUT2D eigenvalue weighted by Gasteiger charge is 2.16. The smallest absolute Gasteiger partial charge is 0.307 e. The molecular weight excluding hydrogens is 302 g/mol. The highest BCUT2D eigenvalue weighted by Crippen LogP contribution is 2.32. The number of hydrogen-bond donors (Lipinski definition) is 0. The van der Waals surface area contributed by atoms with Gasteiger partial charge in [0, 0.05) is 19.2 Å². The molecular formula is C16H23NO6. The molecule has 0 bridgehead atoms. The molecule has 0 aliphatic carbocycles. The van der Waals surface area contributed by atoms with E-state index >= 15 is 0 Å². The number of anilines is 1. The van der Waals surface area contributed by atoms with Gasteiger partial charge in [0.2, 0.25) is 0 Å². The lowest BCUT2D eigenvalue weighted by molar-refractivity contribution is -0.140. The van der Waals surface area contributed by atoms with Crippen LogP contribution < -0.4 is 14.4 Å². The van der Waals surface area contributed by atoms with Gasteiger partial charge in [-0.2, -0.15) is 0 Å². The van der Waals surface area contributed by atoms with Crippen molar-refractivity contribution in [2.45, 2.75) is 12.8 Å². The molecule has 0 saturated carbocycles. The molecule has 128 valence electrons. The number of hydrogen-bond acceptors (Lipinski definition) is 7. The zero-order valence-electron chi connectivity index (χ0n) is 14.0. The Bertz CT molecular complexity index is 511. The maximum absolute atomic E-state index is 11.4. The van der Waals surface area contributed by atoms with Crippen LogP contribution >= 0.6 is 0 Å². The minimum atomic E-state index is -0.324. The zero-order chi connectivity index (χ0) is 17.2. The summed E-state index contributed by atoms with van der Waals surface area (Å²) in [6.07, 6.45) is 0.385. The van der Waals surface area contributed by atoms with Gasteiger partial charge in [-0.15, -0.1) is 0 Å². The van der Waals surface area contributed by atoms with Crippen LogP contribution in [0.15, 0.2) is 18.2 Å². The number of methoxy groups -OCH3 is 4. The lowest BCUT2D eigenvalue weighted by atomic mass is 10.2. The van der Waals surface area contributed by atoms with Crippen LogP contribution in [0.5, 0.6) is 11.5 Å². The maximum atomic E-state index is 11.4. The first kappa shape index (κ1) is 18.6. The number of carbonyl (C=O) groups excluding carboxylic acids is 2. The van der Waals surface area contributed by atoms with Crippen LogP contribution in [-0.2, 0) is 19.1 Å². The molecule has 7 heteroatoms. The third-order valence-electron chi connectivity index (χ3n) is 3.35. The van der Waals surface area contributed by atoms with Gasteiger partial charge in [0.05, 0.1) is 47.0 Å². The third kappa shape index (κ3) is 5.69. The molecule has 1 aromatic carbocycles. The fourth-order valence-electron chi connectivity index (χ4n) is 2.05. The van der Waals surface area contributed by atoms with Crippen molar-refractivity contribution in [2.75, 3.05) is 46.4 Å². The third-order valence-corrected chi connectivity index (χ3v) is 3.35. The Balaban J connectivity index is 3.00. The summed E-state index contributed by atoms with van der Waals surface area (Å²) in [5, 5.41) is 0. The van der Waals surface area contributed by atoms with Crippen molar-refractivity contribution in [1.29, 1.82) is 0 Å². The Morgan fingerprint density at radius 3 is 1.91 bits per heavy atom. The van der Waals surface area contributed by atoms with Gasteiger partial charge in [-0.3, -0.25) is 9.59 Å². The molecule has 0 saturated heterocycles. The van der Waals surface area contributed by atoms with E-state index in [1.807, 2.05) is 4.90 Å². The molecule has 0 aromatic heterocycles. The van der Waals surface area contributed by atoms with Gasteiger partial charge in [0.15, 0.2) is 0 Å². The fraction of sp³-hybridized carbons (Fsp3) is 0.500. The molecule has 0 amide bonds. The van der Waals surface area contributed by atoms with Gasteiger partial charge in [0.1, 0.15) is 11.5 Å². The van der Waals surface area contributed by atoms with Gasteiger partial charge >= 0.3 is 11.9 Å². The topological polar surface area (TPSA) is 74.3 Å². The first-order chi connectivity index (χ1) is 11.0. The standard InChI is InChI=1S/C16H23NO6/c1-20-12-5-6-14(21-2)13(11-12)17(9-7-15(18)22-3)10-8-16(19)23-4/h5-6,11H,7-10H2,1-4H3. The van der Waals surface area contributed by atoms with Gasteiger partial charge in [-0.05, 0) is 12.1 Å². The molecule has 0 unspecified atom stereocenters. The maximum Gasteiger partial charge on any atom is 0.307 e. The number of esters is 2. The summed E-state index contributed by atoms with van der Waals surface area (Å²) in [5.74, 6) is 0.632. The Kier molecular flexibility index (Phi) is 7.73. The van der Waals surface area contributed by atoms with Gasteiger partial charge in [0.25, 0.3) is 0 Å². The average molecular weight is 325 g/mol. The van der Waals surface area contributed by atoms with Crippen molar-refractivity contribution >= 4 is 17.6 Å². The monoisotopic (exact) mass is 325 g/mol. The Morgan fingerprint density at radius 1 is 0.913 bits per heavy atom. The van der Waals surface area contributed by atoms with Crippen LogP contribution in [0.2, 0.25) is 0 Å². The summed E-state index contributed by atoms with van der Waals surface area (Å²) >= 11 is 0. The van der Waals surface area contributed by atoms with Crippen molar-refractivity contribution in [1.82, 2.24) is 0 Å². The molecule has 0 radical (unpaired) electrons. The zero-order valence-corrected chi connectivity index (χ0v) is 14.0. The lowest BCUT2D eigenvalue weighted by Gasteiger charge is -2.26. The van der Waals surface area contributed by atoms with E-state index in [1.54, 1.807) is 32.4 Å². The molecule has 7 nitrogen and oxygen atoms in total. The quantitative estimate of drug-likeness (QED) is 0.639. The summed E-state index contributed by atoms with van der Waals surface area (Å²) in [7, 11) is 5.81. The summed E-state index contributed by atoms with van der Waals surface area (Å²) in [6.45, 7) is 0.764. The molecule has 0 heterocycles. The fourth-order valence-corrected chi connectivity index (χ4v) is 2.05. The number of benzene rings is 1. The summed E-state index contributed by atoms with van der Waals surface area (Å²) < 4.78 is 19.9. The van der Waals surface area contributed by atoms with Crippen LogP contribution in [0.4, 0.5) is 5.69 Å². The second-order valence-electron chi connectivity index (χ2n) is 4.68. The van der Waals surface area contributed by atoms with E-state index in [2.05, 4.69) is 9.47 Å². The predicted octanol–water partition coefficient (Wildman–Crippen LogP) is 1.64. The molecule has 0 N–H and O–H groups in total. The van der Waals surface area contributed by atoms with Gasteiger partial charge in [-0.25, -0.2) is 0 Å². The SMILES string of the molecule is COC(=O)CCN(CCC(=O)OC)c1cc(OC)ccc1OC. The number of nitrogens with zero attached hydrogens (tertiary/aromatic N) is 1. The minimum Gasteiger partial charge on any atom is -0.497 e. The van der Waals surface area contributed by atoms with Crippen molar-refractivity contribution in [2.24, 2.45) is 0 Å². The molecule has 0 spiro atoms. The van der Waals surface area contributed by atoms with Crippen molar-refractivity contribution in [3.05, 3.63) is 18.2 Å². The summed E-state index contributed by atoms with van der Waals surface area (Å²) in [6, 6.07) is 5.35. The normalized spacial score (nSPS) is 9.91. The minimum absolute atomic E-state index is 0.192. The Morgan fingerprint density at radius 2 is 1.48 bits per heavy atom. The highest BCUT2D eigenvalue weighted by atomic mass is 16.5. The summed E-state index contributed by atoms with van der Waals surface area (Å²) in [5.41, 5.74) is 0.736. The molecule has 0 atom stereocenters. The molecule has 1 rings (SSSR count). The van der Waals surface area contributed by atoms with E-state index in [4.69, 9.17) is 9.47 Å². The van der Waals surface area contributed by atoms with Crippen LogP contribution in [-0.4, -0.2) is 53.5 Å². The second-order valence-corrected chi connectivity index (χ2v) is 4.68.